The van der Waals surface area contributed by atoms with E-state index in [0.29, 0.717) is 13.2 Å². The highest BCUT2D eigenvalue weighted by Crippen LogP contribution is 2.23. The first-order valence-corrected chi connectivity index (χ1v) is 14.7. The van der Waals surface area contributed by atoms with Gasteiger partial charge in [0.1, 0.15) is 0 Å². The minimum Gasteiger partial charge on any atom is -0.379 e. The van der Waals surface area contributed by atoms with Crippen LogP contribution in [0.1, 0.15) is 142 Å². The Kier molecular flexibility index (Phi) is 19.6. The second-order valence-corrected chi connectivity index (χ2v) is 11.6. The zero-order valence-electron chi connectivity index (χ0n) is 23.4. The topological polar surface area (TPSA) is 18.5 Å². The second-order valence-electron chi connectivity index (χ2n) is 11.6. The van der Waals surface area contributed by atoms with Gasteiger partial charge in [-0.3, -0.25) is 0 Å². The third kappa shape index (κ3) is 20.5. The minimum atomic E-state index is 0.168. The molecule has 0 heterocycles. The highest BCUT2D eigenvalue weighted by atomic mass is 16.5. The molecule has 0 fully saturated rings. The number of hydrogen-bond donors (Lipinski definition) is 0. The fourth-order valence-corrected chi connectivity index (χ4v) is 4.60. The lowest BCUT2D eigenvalue weighted by Gasteiger charge is -2.26. The van der Waals surface area contributed by atoms with Crippen LogP contribution in [0.4, 0.5) is 0 Å². The summed E-state index contributed by atoms with van der Waals surface area (Å²) in [5.41, 5.74) is 1.48. The molecule has 2 heteroatoms. The molecule has 34 heavy (non-hydrogen) atoms. The number of hydrogen-bond acceptors (Lipinski definition) is 2. The lowest BCUT2D eigenvalue weighted by Crippen LogP contribution is -2.26. The molecule has 0 aliphatic carbocycles. The van der Waals surface area contributed by atoms with Gasteiger partial charge in [-0.2, -0.15) is 0 Å². The number of benzene rings is 1. The van der Waals surface area contributed by atoms with Crippen LogP contribution in [0.15, 0.2) is 30.3 Å². The molecule has 1 rings (SSSR count). The highest BCUT2D eigenvalue weighted by Gasteiger charge is 2.19. The maximum atomic E-state index is 6.21. The van der Waals surface area contributed by atoms with Crippen molar-refractivity contribution in [1.82, 2.24) is 0 Å². The standard InChI is InChI=1S/C32H58O2/c1-5-6-7-8-9-10-11-12-13-14-15-16-17-18-19-23-26-33-29-31(27-32(2,3)4)34-28-30-24-21-20-22-25-30/h20-22,24-25,31H,5-19,23,26-29H2,1-4H3. The van der Waals surface area contributed by atoms with Gasteiger partial charge in [0.05, 0.1) is 19.3 Å². The molecular weight excluding hydrogens is 416 g/mol. The van der Waals surface area contributed by atoms with Crippen molar-refractivity contribution in [3.05, 3.63) is 35.9 Å². The van der Waals surface area contributed by atoms with Gasteiger partial charge < -0.3 is 9.47 Å². The molecular formula is C32H58O2. The van der Waals surface area contributed by atoms with E-state index in [0.717, 1.165) is 13.0 Å². The molecule has 1 aromatic carbocycles. The molecule has 0 saturated carbocycles. The zero-order chi connectivity index (χ0) is 24.7. The van der Waals surface area contributed by atoms with E-state index in [2.05, 4.69) is 58.0 Å². The third-order valence-corrected chi connectivity index (χ3v) is 6.61. The van der Waals surface area contributed by atoms with Crippen LogP contribution in [-0.4, -0.2) is 19.3 Å². The second kappa shape index (κ2) is 21.4. The van der Waals surface area contributed by atoms with Crippen LogP contribution in [0, 0.1) is 5.41 Å². The summed E-state index contributed by atoms with van der Waals surface area (Å²) in [5.74, 6) is 0. The zero-order valence-corrected chi connectivity index (χ0v) is 23.4. The smallest absolute Gasteiger partial charge is 0.0818 e. The Bertz CT molecular complexity index is 534. The Morgan fingerprint density at radius 3 is 1.59 bits per heavy atom. The predicted molar refractivity (Wildman–Crippen MR) is 149 cm³/mol. The number of unbranched alkanes of at least 4 members (excludes halogenated alkanes) is 15. The van der Waals surface area contributed by atoms with E-state index < -0.39 is 0 Å². The van der Waals surface area contributed by atoms with Crippen molar-refractivity contribution in [2.75, 3.05) is 13.2 Å². The molecule has 0 spiro atoms. The van der Waals surface area contributed by atoms with Gasteiger partial charge in [-0.1, -0.05) is 154 Å². The van der Waals surface area contributed by atoms with E-state index in [9.17, 15) is 0 Å². The largest absolute Gasteiger partial charge is 0.379 e. The molecule has 1 atom stereocenters. The van der Waals surface area contributed by atoms with Crippen molar-refractivity contribution < 1.29 is 9.47 Å². The van der Waals surface area contributed by atoms with Gasteiger partial charge in [0.15, 0.2) is 0 Å². The first-order chi connectivity index (χ1) is 16.5. The summed E-state index contributed by atoms with van der Waals surface area (Å²) < 4.78 is 12.2. The number of rotatable bonds is 23. The van der Waals surface area contributed by atoms with Gasteiger partial charge >= 0.3 is 0 Å². The van der Waals surface area contributed by atoms with E-state index in [1.54, 1.807) is 0 Å². The Labute approximate surface area is 213 Å². The van der Waals surface area contributed by atoms with E-state index in [-0.39, 0.29) is 11.5 Å². The van der Waals surface area contributed by atoms with Crippen molar-refractivity contribution in [1.29, 1.82) is 0 Å². The highest BCUT2D eigenvalue weighted by molar-refractivity contribution is 5.13. The summed E-state index contributed by atoms with van der Waals surface area (Å²) in [6.07, 6.45) is 23.7. The molecule has 0 aliphatic heterocycles. The van der Waals surface area contributed by atoms with Crippen molar-refractivity contribution in [3.63, 3.8) is 0 Å². The van der Waals surface area contributed by atoms with Crippen LogP contribution in [-0.2, 0) is 16.1 Å². The first kappa shape index (κ1) is 31.2. The van der Waals surface area contributed by atoms with E-state index in [1.807, 2.05) is 0 Å². The maximum absolute atomic E-state index is 6.21. The monoisotopic (exact) mass is 474 g/mol. The summed E-state index contributed by atoms with van der Waals surface area (Å²) in [6, 6.07) is 10.5. The Morgan fingerprint density at radius 1 is 0.647 bits per heavy atom. The molecule has 198 valence electrons. The molecule has 0 bridgehead atoms. The molecule has 0 saturated heterocycles. The normalized spacial score (nSPS) is 12.8. The average molecular weight is 475 g/mol. The van der Waals surface area contributed by atoms with Crippen LogP contribution >= 0.6 is 0 Å². The van der Waals surface area contributed by atoms with Crippen LogP contribution in [0.2, 0.25) is 0 Å². The van der Waals surface area contributed by atoms with Crippen LogP contribution in [0.5, 0.6) is 0 Å². The predicted octanol–water partition coefficient (Wildman–Crippen LogP) is 10.3. The lowest BCUT2D eigenvalue weighted by molar-refractivity contribution is -0.0430. The SMILES string of the molecule is CCCCCCCCCCCCCCCCCCOCC(CC(C)(C)C)OCc1ccccc1. The Morgan fingerprint density at radius 2 is 1.12 bits per heavy atom. The summed E-state index contributed by atoms with van der Waals surface area (Å²) in [6.45, 7) is 11.4. The Hall–Kier alpha value is -0.860. The van der Waals surface area contributed by atoms with Crippen molar-refractivity contribution in [3.8, 4) is 0 Å². The first-order valence-electron chi connectivity index (χ1n) is 14.7. The molecule has 0 aromatic heterocycles. The van der Waals surface area contributed by atoms with E-state index in [1.165, 1.54) is 108 Å². The van der Waals surface area contributed by atoms with Gasteiger partial charge in [0, 0.05) is 6.61 Å². The van der Waals surface area contributed by atoms with Gasteiger partial charge in [-0.25, -0.2) is 0 Å². The molecule has 2 nitrogen and oxygen atoms in total. The van der Waals surface area contributed by atoms with E-state index >= 15 is 0 Å². The Balaban J connectivity index is 1.93. The van der Waals surface area contributed by atoms with Gasteiger partial charge in [-0.15, -0.1) is 0 Å². The summed E-state index contributed by atoms with van der Waals surface area (Å²) in [4.78, 5) is 0. The van der Waals surface area contributed by atoms with Crippen molar-refractivity contribution in [2.45, 2.75) is 150 Å². The van der Waals surface area contributed by atoms with Gasteiger partial charge in [0.25, 0.3) is 0 Å². The molecule has 0 aliphatic rings. The summed E-state index contributed by atoms with van der Waals surface area (Å²) in [7, 11) is 0. The minimum absolute atomic E-state index is 0.168. The molecule has 0 amide bonds. The van der Waals surface area contributed by atoms with Crippen molar-refractivity contribution in [2.24, 2.45) is 5.41 Å². The van der Waals surface area contributed by atoms with Crippen molar-refractivity contribution >= 4 is 0 Å². The fraction of sp³-hybridized carbons (Fsp3) is 0.812. The molecule has 1 aromatic rings. The van der Waals surface area contributed by atoms with Crippen LogP contribution < -0.4 is 0 Å². The van der Waals surface area contributed by atoms with Crippen LogP contribution in [0.25, 0.3) is 0 Å². The van der Waals surface area contributed by atoms with E-state index in [4.69, 9.17) is 9.47 Å². The quantitative estimate of drug-likeness (QED) is 0.147. The molecule has 0 radical (unpaired) electrons. The van der Waals surface area contributed by atoms with Crippen LogP contribution in [0.3, 0.4) is 0 Å². The summed E-state index contributed by atoms with van der Waals surface area (Å²) >= 11 is 0. The van der Waals surface area contributed by atoms with Gasteiger partial charge in [-0.05, 0) is 23.8 Å². The lowest BCUT2D eigenvalue weighted by atomic mass is 9.89. The molecule has 1 unspecified atom stereocenters. The summed E-state index contributed by atoms with van der Waals surface area (Å²) in [5, 5.41) is 0. The maximum Gasteiger partial charge on any atom is 0.0818 e. The third-order valence-electron chi connectivity index (χ3n) is 6.61. The molecule has 0 N–H and O–H groups in total. The fourth-order valence-electron chi connectivity index (χ4n) is 4.60. The number of ether oxygens (including phenoxy) is 2. The average Bonchev–Trinajstić information content (AvgIpc) is 2.81. The van der Waals surface area contributed by atoms with Gasteiger partial charge in [0.2, 0.25) is 0 Å².